The van der Waals surface area contributed by atoms with Crippen LogP contribution in [0.1, 0.15) is 27.0 Å². The zero-order chi connectivity index (χ0) is 19.0. The number of hydrogen-bond donors (Lipinski definition) is 2. The number of hydrogen-bond acceptors (Lipinski definition) is 3. The quantitative estimate of drug-likeness (QED) is 0.853. The van der Waals surface area contributed by atoms with Crippen LogP contribution in [0.3, 0.4) is 0 Å². The lowest BCUT2D eigenvalue weighted by Gasteiger charge is -2.14. The van der Waals surface area contributed by atoms with Gasteiger partial charge in [0.25, 0.3) is 10.0 Å². The third-order valence-electron chi connectivity index (χ3n) is 3.39. The summed E-state index contributed by atoms with van der Waals surface area (Å²) in [5.41, 5.74) is -1.35. The molecule has 0 heterocycles. The molecule has 0 spiro atoms. The number of sulfonamides is 1. The van der Waals surface area contributed by atoms with Gasteiger partial charge in [-0.15, -0.1) is 0 Å². The Kier molecular flexibility index (Phi) is 4.81. The van der Waals surface area contributed by atoms with E-state index in [4.69, 9.17) is 5.11 Å². The fraction of sp³-hybridized carbons (Fsp3) is 0.188. The maximum atomic E-state index is 12.9. The van der Waals surface area contributed by atoms with Crippen molar-refractivity contribution in [2.45, 2.75) is 24.9 Å². The highest BCUT2D eigenvalue weighted by Gasteiger charge is 2.32. The molecule has 0 atom stereocenters. The van der Waals surface area contributed by atoms with Gasteiger partial charge in [-0.05, 0) is 49.2 Å². The van der Waals surface area contributed by atoms with Crippen molar-refractivity contribution in [2.24, 2.45) is 0 Å². The van der Waals surface area contributed by atoms with Gasteiger partial charge in [0.1, 0.15) is 0 Å². The summed E-state index contributed by atoms with van der Waals surface area (Å²) < 4.78 is 65.7. The molecule has 0 radical (unpaired) electrons. The fourth-order valence-electron chi connectivity index (χ4n) is 2.18. The number of anilines is 1. The van der Waals surface area contributed by atoms with Gasteiger partial charge in [-0.3, -0.25) is 4.72 Å². The zero-order valence-corrected chi connectivity index (χ0v) is 14.0. The van der Waals surface area contributed by atoms with E-state index in [-0.39, 0.29) is 4.90 Å². The van der Waals surface area contributed by atoms with Crippen molar-refractivity contribution in [2.75, 3.05) is 4.72 Å². The second-order valence-electron chi connectivity index (χ2n) is 5.48. The molecular formula is C16H14F3NO4S. The molecule has 9 heteroatoms. The van der Waals surface area contributed by atoms with E-state index in [1.807, 2.05) is 4.72 Å². The molecule has 0 unspecified atom stereocenters. The topological polar surface area (TPSA) is 83.5 Å². The van der Waals surface area contributed by atoms with Crippen molar-refractivity contribution >= 4 is 21.7 Å². The van der Waals surface area contributed by atoms with Gasteiger partial charge in [-0.2, -0.15) is 13.2 Å². The molecule has 0 aliphatic carbocycles. The van der Waals surface area contributed by atoms with Crippen LogP contribution in [0, 0.1) is 13.8 Å². The van der Waals surface area contributed by atoms with E-state index >= 15 is 0 Å². The van der Waals surface area contributed by atoms with Crippen LogP contribution in [-0.4, -0.2) is 19.5 Å². The van der Waals surface area contributed by atoms with Crippen molar-refractivity contribution in [1.82, 2.24) is 0 Å². The Balaban J connectivity index is 2.53. The highest BCUT2D eigenvalue weighted by molar-refractivity contribution is 7.92. The maximum absolute atomic E-state index is 12.9. The molecule has 0 fully saturated rings. The van der Waals surface area contributed by atoms with E-state index in [9.17, 15) is 26.4 Å². The fourth-order valence-corrected chi connectivity index (χ4v) is 3.55. The van der Waals surface area contributed by atoms with Crippen molar-refractivity contribution in [3.63, 3.8) is 0 Å². The molecule has 2 rings (SSSR count). The van der Waals surface area contributed by atoms with E-state index in [1.165, 1.54) is 6.07 Å². The molecule has 0 saturated carbocycles. The Morgan fingerprint density at radius 1 is 1.08 bits per heavy atom. The van der Waals surface area contributed by atoms with Crippen LogP contribution in [0.4, 0.5) is 18.9 Å². The number of benzene rings is 2. The summed E-state index contributed by atoms with van der Waals surface area (Å²) in [5.74, 6) is -1.60. The van der Waals surface area contributed by atoms with Crippen LogP contribution in [0.15, 0.2) is 41.3 Å². The van der Waals surface area contributed by atoms with Crippen LogP contribution < -0.4 is 4.72 Å². The van der Waals surface area contributed by atoms with Gasteiger partial charge in [0.2, 0.25) is 0 Å². The highest BCUT2D eigenvalue weighted by atomic mass is 32.2. The van der Waals surface area contributed by atoms with Gasteiger partial charge in [-0.1, -0.05) is 12.1 Å². The molecule has 2 aromatic rings. The largest absolute Gasteiger partial charge is 0.478 e. The smallest absolute Gasteiger partial charge is 0.416 e. The first kappa shape index (κ1) is 18.8. The van der Waals surface area contributed by atoms with Crippen LogP contribution in [0.2, 0.25) is 0 Å². The molecule has 0 aromatic heterocycles. The number of aryl methyl sites for hydroxylation is 2. The second kappa shape index (κ2) is 6.40. The van der Waals surface area contributed by atoms with Crippen LogP contribution in [0.5, 0.6) is 0 Å². The monoisotopic (exact) mass is 373 g/mol. The number of nitrogens with one attached hydrogen (secondary N) is 1. The van der Waals surface area contributed by atoms with E-state index in [2.05, 4.69) is 0 Å². The number of rotatable bonds is 4. The first-order valence-corrected chi connectivity index (χ1v) is 8.44. The molecule has 25 heavy (non-hydrogen) atoms. The second-order valence-corrected chi connectivity index (χ2v) is 7.13. The van der Waals surface area contributed by atoms with Gasteiger partial charge in [0.15, 0.2) is 0 Å². The molecule has 0 saturated heterocycles. The summed E-state index contributed by atoms with van der Waals surface area (Å²) in [6.07, 6.45) is -4.81. The van der Waals surface area contributed by atoms with E-state index in [1.54, 1.807) is 26.0 Å². The third-order valence-corrected chi connectivity index (χ3v) is 4.92. The zero-order valence-electron chi connectivity index (χ0n) is 13.2. The number of aromatic carboxylic acids is 1. The van der Waals surface area contributed by atoms with Crippen molar-refractivity contribution in [3.8, 4) is 0 Å². The van der Waals surface area contributed by atoms with Gasteiger partial charge in [0, 0.05) is 0 Å². The molecular weight excluding hydrogens is 359 g/mol. The van der Waals surface area contributed by atoms with Crippen LogP contribution in [0.25, 0.3) is 0 Å². The number of alkyl halides is 3. The standard InChI is InChI=1S/C16H14F3NO4S/c1-9-3-4-10(2)14(5-9)25(23,24)20-13-7-11(15(21)22)6-12(8-13)16(17,18)19/h3-8,20H,1-2H3,(H,21,22). The van der Waals surface area contributed by atoms with Crippen molar-refractivity contribution in [1.29, 1.82) is 0 Å². The van der Waals surface area contributed by atoms with E-state index < -0.39 is 39.0 Å². The number of carboxylic acids is 1. The first-order chi connectivity index (χ1) is 11.4. The predicted octanol–water partition coefficient (Wildman–Crippen LogP) is 3.82. The third kappa shape index (κ3) is 4.30. The molecule has 0 amide bonds. The Hall–Kier alpha value is -2.55. The SMILES string of the molecule is Cc1ccc(C)c(S(=O)(=O)Nc2cc(C(=O)O)cc(C(F)(F)F)c2)c1. The van der Waals surface area contributed by atoms with E-state index in [0.717, 1.165) is 6.07 Å². The molecule has 5 nitrogen and oxygen atoms in total. The molecule has 134 valence electrons. The molecule has 0 aliphatic rings. The molecule has 2 N–H and O–H groups in total. The van der Waals surface area contributed by atoms with Gasteiger partial charge in [0.05, 0.1) is 21.7 Å². The minimum absolute atomic E-state index is 0.0956. The summed E-state index contributed by atoms with van der Waals surface area (Å²) in [5, 5.41) is 8.95. The summed E-state index contributed by atoms with van der Waals surface area (Å²) in [7, 11) is -4.18. The average molecular weight is 373 g/mol. The van der Waals surface area contributed by atoms with E-state index in [0.29, 0.717) is 23.3 Å². The van der Waals surface area contributed by atoms with Crippen molar-refractivity contribution in [3.05, 3.63) is 58.7 Å². The Morgan fingerprint density at radius 2 is 1.72 bits per heavy atom. The minimum atomic E-state index is -4.81. The Labute approximate surface area is 142 Å². The lowest BCUT2D eigenvalue weighted by atomic mass is 10.1. The van der Waals surface area contributed by atoms with Crippen LogP contribution in [-0.2, 0) is 16.2 Å². The number of carboxylic acid groups (broad SMARTS) is 1. The van der Waals surface area contributed by atoms with Gasteiger partial charge < -0.3 is 5.11 Å². The lowest BCUT2D eigenvalue weighted by Crippen LogP contribution is -2.16. The number of halogens is 3. The Bertz CT molecular complexity index is 937. The minimum Gasteiger partial charge on any atom is -0.478 e. The summed E-state index contributed by atoms with van der Waals surface area (Å²) >= 11 is 0. The van der Waals surface area contributed by atoms with Crippen LogP contribution >= 0.6 is 0 Å². The molecule has 2 aromatic carbocycles. The summed E-state index contributed by atoms with van der Waals surface area (Å²) in [6, 6.07) is 6.47. The summed E-state index contributed by atoms with van der Waals surface area (Å²) in [4.78, 5) is 10.9. The molecule has 0 bridgehead atoms. The first-order valence-electron chi connectivity index (χ1n) is 6.96. The number of carbonyl (C=O) groups is 1. The molecule has 0 aliphatic heterocycles. The lowest BCUT2D eigenvalue weighted by molar-refractivity contribution is -0.137. The highest BCUT2D eigenvalue weighted by Crippen LogP contribution is 2.33. The normalized spacial score (nSPS) is 12.0. The maximum Gasteiger partial charge on any atom is 0.416 e. The van der Waals surface area contributed by atoms with Gasteiger partial charge >= 0.3 is 12.1 Å². The Morgan fingerprint density at radius 3 is 2.28 bits per heavy atom. The summed E-state index contributed by atoms with van der Waals surface area (Å²) in [6.45, 7) is 3.22. The predicted molar refractivity (Wildman–Crippen MR) is 85.1 cm³/mol. The van der Waals surface area contributed by atoms with Gasteiger partial charge in [-0.25, -0.2) is 13.2 Å². The van der Waals surface area contributed by atoms with Crippen molar-refractivity contribution < 1.29 is 31.5 Å². The average Bonchev–Trinajstić information content (AvgIpc) is 2.47.